The summed E-state index contributed by atoms with van der Waals surface area (Å²) in [6, 6.07) is 2.13. The van der Waals surface area contributed by atoms with Crippen LogP contribution in [0.1, 0.15) is 32.5 Å². The first-order valence-electron chi connectivity index (χ1n) is 6.00. The van der Waals surface area contributed by atoms with Crippen LogP contribution in [0, 0.1) is 39.0 Å². The lowest BCUT2D eigenvalue weighted by atomic mass is 10.1. The van der Waals surface area contributed by atoms with Crippen LogP contribution in [-0.2, 0) is 4.65 Å². The molecule has 0 bridgehead atoms. The summed E-state index contributed by atoms with van der Waals surface area (Å²) in [5.41, 5.74) is 2.78. The van der Waals surface area contributed by atoms with Gasteiger partial charge in [-0.15, -0.1) is 11.3 Å². The zero-order chi connectivity index (χ0) is 14.9. The molecule has 0 N–H and O–H groups in total. The Morgan fingerprint density at radius 1 is 1.40 bits per heavy atom. The van der Waals surface area contributed by atoms with Crippen LogP contribution >= 0.6 is 11.3 Å². The third-order valence-electron chi connectivity index (χ3n) is 3.09. The van der Waals surface area contributed by atoms with Crippen LogP contribution in [0.25, 0.3) is 11.3 Å². The van der Waals surface area contributed by atoms with E-state index in [2.05, 4.69) is 11.1 Å². The summed E-state index contributed by atoms with van der Waals surface area (Å²) in [4.78, 5) is 5.45. The van der Waals surface area contributed by atoms with Crippen molar-refractivity contribution in [3.8, 4) is 6.07 Å². The highest BCUT2D eigenvalue weighted by atomic mass is 32.1. The summed E-state index contributed by atoms with van der Waals surface area (Å²) in [5, 5.41) is 10.1. The van der Waals surface area contributed by atoms with Gasteiger partial charge in [0.1, 0.15) is 28.2 Å². The van der Waals surface area contributed by atoms with Gasteiger partial charge < -0.3 is 9.07 Å². The lowest BCUT2D eigenvalue weighted by Crippen LogP contribution is -1.96. The maximum atomic E-state index is 9.45. The van der Waals surface area contributed by atoms with Gasteiger partial charge in [0.15, 0.2) is 0 Å². The molecule has 0 saturated heterocycles. The topological polar surface area (TPSA) is 59.0 Å². The largest absolute Gasteiger partial charge is 0.566 e. The Hall–Kier alpha value is -2.00. The maximum absolute atomic E-state index is 9.45. The monoisotopic (exact) mass is 284 g/mol. The highest BCUT2D eigenvalue weighted by Gasteiger charge is 2.21. The predicted octanol–water partition coefficient (Wildman–Crippen LogP) is 3.46. The first-order chi connectivity index (χ1) is 9.49. The average Bonchev–Trinajstić information content (AvgIpc) is 2.91. The number of aromatic nitrogens is 1. The van der Waals surface area contributed by atoms with E-state index < -0.39 is 0 Å². The molecule has 0 aliphatic heterocycles. The molecular formula is C14H13BN2O2S. The molecule has 0 atom stereocenters. The zero-order valence-corrected chi connectivity index (χ0v) is 12.6. The molecule has 2 aromatic heterocycles. The lowest BCUT2D eigenvalue weighted by molar-refractivity contribution is 0.525. The van der Waals surface area contributed by atoms with Gasteiger partial charge in [0.2, 0.25) is 0 Å². The van der Waals surface area contributed by atoms with Gasteiger partial charge >= 0.3 is 8.05 Å². The Morgan fingerprint density at radius 2 is 2.10 bits per heavy atom. The highest BCUT2D eigenvalue weighted by Crippen LogP contribution is 2.33. The van der Waals surface area contributed by atoms with Crippen molar-refractivity contribution in [3.05, 3.63) is 38.7 Å². The second kappa shape index (κ2) is 5.55. The van der Waals surface area contributed by atoms with Crippen molar-refractivity contribution in [2.24, 2.45) is 0 Å². The van der Waals surface area contributed by atoms with Crippen molar-refractivity contribution in [1.29, 1.82) is 5.26 Å². The van der Waals surface area contributed by atoms with Gasteiger partial charge in [0, 0.05) is 4.88 Å². The lowest BCUT2D eigenvalue weighted by Gasteiger charge is -2.09. The Bertz CT molecular complexity index is 683. The molecule has 6 heteroatoms. The number of furan rings is 1. The van der Waals surface area contributed by atoms with Crippen LogP contribution in [0.5, 0.6) is 0 Å². The molecule has 2 rings (SSSR count). The fourth-order valence-electron chi connectivity index (χ4n) is 1.93. The maximum Gasteiger partial charge on any atom is 0.374 e. The van der Waals surface area contributed by atoms with E-state index in [9.17, 15) is 5.26 Å². The minimum Gasteiger partial charge on any atom is -0.566 e. The average molecular weight is 284 g/mol. The predicted molar refractivity (Wildman–Crippen MR) is 79.0 cm³/mol. The molecule has 2 radical (unpaired) electrons. The van der Waals surface area contributed by atoms with E-state index in [1.54, 1.807) is 13.2 Å². The van der Waals surface area contributed by atoms with Crippen molar-refractivity contribution in [2.45, 2.75) is 27.7 Å². The van der Waals surface area contributed by atoms with Crippen molar-refractivity contribution in [3.63, 3.8) is 0 Å². The molecule has 100 valence electrons. The minimum atomic E-state index is 0.296. The van der Waals surface area contributed by atoms with Crippen LogP contribution in [0.15, 0.2) is 10.7 Å². The van der Waals surface area contributed by atoms with Crippen LogP contribution in [0.3, 0.4) is 0 Å². The second-order valence-electron chi connectivity index (χ2n) is 4.44. The molecule has 0 unspecified atom stereocenters. The Morgan fingerprint density at radius 3 is 2.50 bits per heavy atom. The van der Waals surface area contributed by atoms with Crippen molar-refractivity contribution >= 4 is 30.7 Å². The molecule has 0 spiro atoms. The summed E-state index contributed by atoms with van der Waals surface area (Å²) in [6.45, 7) is 7.54. The first kappa shape index (κ1) is 14.4. The third kappa shape index (κ3) is 2.37. The van der Waals surface area contributed by atoms with Crippen LogP contribution in [0.2, 0.25) is 0 Å². The summed E-state index contributed by atoms with van der Waals surface area (Å²) in [5.74, 6) is 0.950. The quantitative estimate of drug-likeness (QED) is 0.492. The summed E-state index contributed by atoms with van der Waals surface area (Å²) in [6.07, 6.45) is 1.61. The van der Waals surface area contributed by atoms with Gasteiger partial charge in [-0.05, 0) is 33.3 Å². The van der Waals surface area contributed by atoms with Gasteiger partial charge in [-0.3, -0.25) is 0 Å². The Labute approximate surface area is 123 Å². The third-order valence-corrected chi connectivity index (χ3v) is 4.18. The second-order valence-corrected chi connectivity index (χ2v) is 5.65. The highest BCUT2D eigenvalue weighted by molar-refractivity contribution is 7.13. The minimum absolute atomic E-state index is 0.296. The van der Waals surface area contributed by atoms with Gasteiger partial charge in [-0.2, -0.15) is 5.26 Å². The molecule has 0 aromatic carbocycles. The van der Waals surface area contributed by atoms with E-state index >= 15 is 0 Å². The summed E-state index contributed by atoms with van der Waals surface area (Å²) >= 11 is 1.44. The van der Waals surface area contributed by atoms with Crippen molar-refractivity contribution in [1.82, 2.24) is 4.98 Å². The van der Waals surface area contributed by atoms with Crippen LogP contribution in [-0.4, -0.2) is 13.0 Å². The van der Waals surface area contributed by atoms with Gasteiger partial charge in [0.25, 0.3) is 0 Å². The number of allylic oxidation sites excluding steroid dienone is 1. The summed E-state index contributed by atoms with van der Waals surface area (Å²) in [7, 11) is 5.39. The first-order valence-corrected chi connectivity index (χ1v) is 6.81. The van der Waals surface area contributed by atoms with E-state index in [-0.39, 0.29) is 0 Å². The molecule has 0 aliphatic carbocycles. The molecule has 0 amide bonds. The normalized spacial score (nSPS) is 11.9. The molecule has 0 saturated carbocycles. The molecule has 2 heterocycles. The number of hydrogen-bond donors (Lipinski definition) is 0. The number of thiazole rings is 1. The molecular weight excluding hydrogens is 271 g/mol. The number of nitrogens with zero attached hydrogens (tertiary/aromatic N) is 2. The summed E-state index contributed by atoms with van der Waals surface area (Å²) < 4.78 is 10.3. The van der Waals surface area contributed by atoms with E-state index in [1.165, 1.54) is 11.3 Å². The van der Waals surface area contributed by atoms with Crippen LogP contribution in [0.4, 0.5) is 0 Å². The smallest absolute Gasteiger partial charge is 0.374 e. The molecule has 0 fully saturated rings. The number of aryl methyl sites for hydroxylation is 4. The van der Waals surface area contributed by atoms with E-state index in [4.69, 9.17) is 17.1 Å². The van der Waals surface area contributed by atoms with E-state index in [0.29, 0.717) is 27.7 Å². The fourth-order valence-corrected chi connectivity index (χ4v) is 2.84. The SMILES string of the molecule is [B]OC(=C(C#N)c1nc(C)c(C)s1)c1c(C)coc1C. The van der Waals surface area contributed by atoms with Crippen molar-refractivity contribution < 1.29 is 9.07 Å². The fraction of sp³-hybridized carbons (Fsp3) is 0.286. The number of nitriles is 1. The molecule has 20 heavy (non-hydrogen) atoms. The molecule has 2 aromatic rings. The number of hydrogen-bond acceptors (Lipinski definition) is 5. The van der Waals surface area contributed by atoms with E-state index in [1.807, 2.05) is 20.8 Å². The number of rotatable bonds is 3. The zero-order valence-electron chi connectivity index (χ0n) is 11.8. The molecule has 0 aliphatic rings. The van der Waals surface area contributed by atoms with E-state index in [0.717, 1.165) is 16.1 Å². The van der Waals surface area contributed by atoms with Gasteiger partial charge in [0.05, 0.1) is 17.5 Å². The van der Waals surface area contributed by atoms with Crippen molar-refractivity contribution in [2.75, 3.05) is 0 Å². The standard InChI is InChI=1S/C14H13BN2O2S/c1-7-6-18-9(3)12(7)13(19-15)11(5-16)14-17-8(2)10(4)20-14/h6H,1-4H3. The van der Waals surface area contributed by atoms with Gasteiger partial charge in [-0.25, -0.2) is 4.98 Å². The van der Waals surface area contributed by atoms with Gasteiger partial charge in [-0.1, -0.05) is 0 Å². The Kier molecular flexibility index (Phi) is 4.00. The van der Waals surface area contributed by atoms with Crippen LogP contribution < -0.4 is 0 Å². The Balaban J connectivity index is 2.69. The molecule has 4 nitrogen and oxygen atoms in total.